The largest absolute Gasteiger partial charge is 0.445 e. The normalized spacial score (nSPS) is 10.8. The summed E-state index contributed by atoms with van der Waals surface area (Å²) in [6.07, 6.45) is 1.08. The van der Waals surface area contributed by atoms with Crippen LogP contribution in [0, 0.1) is 0 Å². The van der Waals surface area contributed by atoms with E-state index in [1.807, 2.05) is 30.3 Å². The summed E-state index contributed by atoms with van der Waals surface area (Å²) in [6.45, 7) is 2.87. The Morgan fingerprint density at radius 1 is 1.32 bits per heavy atom. The van der Waals surface area contributed by atoms with E-state index in [1.54, 1.807) is 0 Å². The van der Waals surface area contributed by atoms with Crippen LogP contribution in [-0.2, 0) is 11.3 Å². The molecule has 1 aromatic carbocycles. The standard InChI is InChI=1S/C14H19NO4/c1-2-8-14(10-16,11-17)15-13(18)19-9-12-6-4-3-5-7-12/h2-7,16-17H,1,8-11H2,(H,15,18). The van der Waals surface area contributed by atoms with Gasteiger partial charge in [0.1, 0.15) is 6.61 Å². The number of ether oxygens (including phenoxy) is 1. The summed E-state index contributed by atoms with van der Waals surface area (Å²) in [5.41, 5.74) is -0.268. The maximum Gasteiger partial charge on any atom is 0.408 e. The molecule has 0 aliphatic carbocycles. The maximum absolute atomic E-state index is 11.6. The van der Waals surface area contributed by atoms with Crippen LogP contribution in [0.5, 0.6) is 0 Å². The number of nitrogens with one attached hydrogen (secondary N) is 1. The second-order valence-electron chi connectivity index (χ2n) is 4.28. The van der Waals surface area contributed by atoms with Crippen LogP contribution in [0.2, 0.25) is 0 Å². The lowest BCUT2D eigenvalue weighted by atomic mass is 9.98. The van der Waals surface area contributed by atoms with Gasteiger partial charge in [-0.05, 0) is 12.0 Å². The Hall–Kier alpha value is -1.85. The van der Waals surface area contributed by atoms with E-state index in [9.17, 15) is 15.0 Å². The van der Waals surface area contributed by atoms with Crippen molar-refractivity contribution < 1.29 is 19.7 Å². The van der Waals surface area contributed by atoms with Crippen LogP contribution in [0.1, 0.15) is 12.0 Å². The number of carbonyl (C=O) groups excluding carboxylic acids is 1. The third-order valence-corrected chi connectivity index (χ3v) is 2.72. The SMILES string of the molecule is C=CCC(CO)(CO)NC(=O)OCc1ccccc1. The molecule has 19 heavy (non-hydrogen) atoms. The molecule has 0 radical (unpaired) electrons. The van der Waals surface area contributed by atoms with Gasteiger partial charge < -0.3 is 20.3 Å². The van der Waals surface area contributed by atoms with Gasteiger partial charge >= 0.3 is 6.09 Å². The summed E-state index contributed by atoms with van der Waals surface area (Å²) in [5.74, 6) is 0. The molecule has 1 rings (SSSR count). The third kappa shape index (κ3) is 4.73. The highest BCUT2D eigenvalue weighted by Gasteiger charge is 2.29. The molecule has 0 aliphatic heterocycles. The second kappa shape index (κ2) is 7.56. The number of hydrogen-bond acceptors (Lipinski definition) is 4. The summed E-state index contributed by atoms with van der Waals surface area (Å²) >= 11 is 0. The van der Waals surface area contributed by atoms with Crippen molar-refractivity contribution in [1.82, 2.24) is 5.32 Å². The van der Waals surface area contributed by atoms with Crippen molar-refractivity contribution in [3.63, 3.8) is 0 Å². The molecular weight excluding hydrogens is 246 g/mol. The average Bonchev–Trinajstić information content (AvgIpc) is 2.45. The van der Waals surface area contributed by atoms with Gasteiger partial charge in [0.05, 0.1) is 18.8 Å². The van der Waals surface area contributed by atoms with Crippen LogP contribution in [0.25, 0.3) is 0 Å². The molecule has 3 N–H and O–H groups in total. The fraction of sp³-hybridized carbons (Fsp3) is 0.357. The lowest BCUT2D eigenvalue weighted by Gasteiger charge is -2.29. The highest BCUT2D eigenvalue weighted by molar-refractivity contribution is 5.68. The highest BCUT2D eigenvalue weighted by atomic mass is 16.5. The molecule has 1 aromatic rings. The first-order valence-electron chi connectivity index (χ1n) is 5.97. The molecule has 0 bridgehead atoms. The van der Waals surface area contributed by atoms with Gasteiger partial charge in [-0.2, -0.15) is 0 Å². The van der Waals surface area contributed by atoms with Gasteiger partial charge in [0.15, 0.2) is 0 Å². The third-order valence-electron chi connectivity index (χ3n) is 2.72. The number of amides is 1. The van der Waals surface area contributed by atoms with Crippen LogP contribution in [0.3, 0.4) is 0 Å². The molecule has 5 heteroatoms. The van der Waals surface area contributed by atoms with E-state index < -0.39 is 24.8 Å². The molecule has 0 spiro atoms. The molecule has 104 valence electrons. The Bertz CT molecular complexity index is 401. The maximum atomic E-state index is 11.6. The number of aliphatic hydroxyl groups excluding tert-OH is 2. The van der Waals surface area contributed by atoms with Gasteiger partial charge in [0, 0.05) is 0 Å². The van der Waals surface area contributed by atoms with E-state index >= 15 is 0 Å². The van der Waals surface area contributed by atoms with Gasteiger partial charge in [-0.1, -0.05) is 36.4 Å². The molecule has 0 heterocycles. The van der Waals surface area contributed by atoms with Gasteiger partial charge in [-0.25, -0.2) is 4.79 Å². The summed E-state index contributed by atoms with van der Waals surface area (Å²) in [4.78, 5) is 11.6. The summed E-state index contributed by atoms with van der Waals surface area (Å²) < 4.78 is 5.03. The lowest BCUT2D eigenvalue weighted by molar-refractivity contribution is 0.0737. The van der Waals surface area contributed by atoms with Crippen molar-refractivity contribution in [3.8, 4) is 0 Å². The average molecular weight is 265 g/mol. The fourth-order valence-electron chi connectivity index (χ4n) is 1.56. The first kappa shape index (κ1) is 15.2. The summed E-state index contributed by atoms with van der Waals surface area (Å²) in [6, 6.07) is 9.24. The summed E-state index contributed by atoms with van der Waals surface area (Å²) in [5, 5.41) is 21.0. The van der Waals surface area contributed by atoms with Gasteiger partial charge in [0.2, 0.25) is 0 Å². The Morgan fingerprint density at radius 3 is 2.47 bits per heavy atom. The van der Waals surface area contributed by atoms with E-state index in [1.165, 1.54) is 6.08 Å². The zero-order valence-corrected chi connectivity index (χ0v) is 10.7. The van der Waals surface area contributed by atoms with Crippen molar-refractivity contribution in [2.75, 3.05) is 13.2 Å². The van der Waals surface area contributed by atoms with E-state index in [0.29, 0.717) is 0 Å². The number of hydrogen-bond donors (Lipinski definition) is 3. The van der Waals surface area contributed by atoms with Crippen LogP contribution in [0.4, 0.5) is 4.79 Å². The Morgan fingerprint density at radius 2 is 1.95 bits per heavy atom. The van der Waals surface area contributed by atoms with Crippen LogP contribution >= 0.6 is 0 Å². The van der Waals surface area contributed by atoms with E-state index in [4.69, 9.17) is 4.74 Å². The molecule has 0 saturated carbocycles. The lowest BCUT2D eigenvalue weighted by Crippen LogP contribution is -2.54. The minimum Gasteiger partial charge on any atom is -0.445 e. The topological polar surface area (TPSA) is 78.8 Å². The zero-order valence-electron chi connectivity index (χ0n) is 10.7. The van der Waals surface area contributed by atoms with Crippen molar-refractivity contribution in [2.45, 2.75) is 18.6 Å². The minimum atomic E-state index is -1.13. The minimum absolute atomic E-state index is 0.133. The van der Waals surface area contributed by atoms with Gasteiger partial charge in [-0.15, -0.1) is 6.58 Å². The number of benzene rings is 1. The summed E-state index contributed by atoms with van der Waals surface area (Å²) in [7, 11) is 0. The van der Waals surface area contributed by atoms with Gasteiger partial charge in [0.25, 0.3) is 0 Å². The van der Waals surface area contributed by atoms with Crippen molar-refractivity contribution in [1.29, 1.82) is 0 Å². The first-order valence-corrected chi connectivity index (χ1v) is 5.97. The van der Waals surface area contributed by atoms with Crippen LogP contribution in [0.15, 0.2) is 43.0 Å². The fourth-order valence-corrected chi connectivity index (χ4v) is 1.56. The molecule has 0 aromatic heterocycles. The predicted octanol–water partition coefficient (Wildman–Crippen LogP) is 1.21. The quantitative estimate of drug-likeness (QED) is 0.648. The number of carbonyl (C=O) groups is 1. The van der Waals surface area contributed by atoms with Crippen molar-refractivity contribution >= 4 is 6.09 Å². The van der Waals surface area contributed by atoms with Gasteiger partial charge in [-0.3, -0.25) is 0 Å². The molecule has 0 saturated heterocycles. The zero-order chi connectivity index (χ0) is 14.1. The molecule has 0 unspecified atom stereocenters. The molecule has 0 aliphatic rings. The van der Waals surface area contributed by atoms with Crippen LogP contribution < -0.4 is 5.32 Å². The number of aliphatic hydroxyl groups is 2. The van der Waals surface area contributed by atoms with Crippen molar-refractivity contribution in [3.05, 3.63) is 48.6 Å². The molecule has 0 atom stereocenters. The van der Waals surface area contributed by atoms with E-state index in [-0.39, 0.29) is 13.0 Å². The predicted molar refractivity (Wildman–Crippen MR) is 71.5 cm³/mol. The van der Waals surface area contributed by atoms with E-state index in [0.717, 1.165) is 5.56 Å². The second-order valence-corrected chi connectivity index (χ2v) is 4.28. The molecule has 0 fully saturated rings. The highest BCUT2D eigenvalue weighted by Crippen LogP contribution is 2.10. The Kier molecular flexibility index (Phi) is 6.05. The molecular formula is C14H19NO4. The number of rotatable bonds is 7. The Labute approximate surface area is 112 Å². The molecule has 5 nitrogen and oxygen atoms in total. The van der Waals surface area contributed by atoms with Crippen LogP contribution in [-0.4, -0.2) is 35.1 Å². The first-order chi connectivity index (χ1) is 9.15. The number of alkyl carbamates (subject to hydrolysis) is 1. The van der Waals surface area contributed by atoms with Crippen molar-refractivity contribution in [2.24, 2.45) is 0 Å². The smallest absolute Gasteiger partial charge is 0.408 e. The molecule has 1 amide bonds. The Balaban J connectivity index is 2.51. The monoisotopic (exact) mass is 265 g/mol. The van der Waals surface area contributed by atoms with E-state index in [2.05, 4.69) is 11.9 Å².